The molecule has 0 spiro atoms. The van der Waals surface area contributed by atoms with Crippen LogP contribution in [0.2, 0.25) is 0 Å². The molecule has 0 heterocycles. The molecule has 0 aliphatic heterocycles. The average molecular weight is 272 g/mol. The maximum atomic E-state index is 12.0. The molecule has 104 valence electrons. The quantitative estimate of drug-likeness (QED) is 0.626. The molecule has 0 bridgehead atoms. The number of nitrogens with one attached hydrogen (secondary N) is 1. The van der Waals surface area contributed by atoms with E-state index in [1.54, 1.807) is 7.11 Å². The Balaban J connectivity index is 2.37. The van der Waals surface area contributed by atoms with Crippen molar-refractivity contribution in [3.63, 3.8) is 0 Å². The summed E-state index contributed by atoms with van der Waals surface area (Å²) in [7, 11) is 1.71. The fraction of sp³-hybridized carbons (Fsp3) is 0.846. The Kier molecular flexibility index (Phi) is 6.02. The number of thiocarbonyl (C=S) groups is 1. The molecule has 1 saturated carbocycles. The highest BCUT2D eigenvalue weighted by atomic mass is 32.1. The molecule has 18 heavy (non-hydrogen) atoms. The Morgan fingerprint density at radius 2 is 2.22 bits per heavy atom. The van der Waals surface area contributed by atoms with Crippen LogP contribution in [0.3, 0.4) is 0 Å². The number of ether oxygens (including phenoxy) is 1. The highest BCUT2D eigenvalue weighted by Crippen LogP contribution is 2.48. The van der Waals surface area contributed by atoms with Gasteiger partial charge in [0.15, 0.2) is 0 Å². The number of rotatable bonds is 9. The van der Waals surface area contributed by atoms with Gasteiger partial charge >= 0.3 is 0 Å². The molecular formula is C13H24N2O2S. The molecule has 0 saturated heterocycles. The number of hydrogen-bond acceptors (Lipinski definition) is 3. The van der Waals surface area contributed by atoms with Gasteiger partial charge in [-0.3, -0.25) is 4.79 Å². The second kappa shape index (κ2) is 7.04. The van der Waals surface area contributed by atoms with E-state index in [1.807, 2.05) is 6.92 Å². The van der Waals surface area contributed by atoms with E-state index in [2.05, 4.69) is 5.32 Å². The molecule has 1 amide bonds. The highest BCUT2D eigenvalue weighted by molar-refractivity contribution is 7.80. The monoisotopic (exact) mass is 272 g/mol. The molecule has 0 aromatic heterocycles. The lowest BCUT2D eigenvalue weighted by Crippen LogP contribution is -2.40. The minimum atomic E-state index is -0.316. The third-order valence-electron chi connectivity index (χ3n) is 3.67. The van der Waals surface area contributed by atoms with E-state index in [0.29, 0.717) is 4.99 Å². The van der Waals surface area contributed by atoms with E-state index in [9.17, 15) is 4.79 Å². The summed E-state index contributed by atoms with van der Waals surface area (Å²) in [5, 5.41) is 3.00. The van der Waals surface area contributed by atoms with Crippen LogP contribution in [0.1, 0.15) is 39.0 Å². The Morgan fingerprint density at radius 1 is 1.56 bits per heavy atom. The van der Waals surface area contributed by atoms with Gasteiger partial charge in [0.1, 0.15) is 0 Å². The Morgan fingerprint density at radius 3 is 2.67 bits per heavy atom. The van der Waals surface area contributed by atoms with Gasteiger partial charge in [0.2, 0.25) is 5.91 Å². The molecule has 1 aliphatic rings. The minimum Gasteiger partial charge on any atom is -0.393 e. The third-order valence-corrected chi connectivity index (χ3v) is 3.95. The normalized spacial score (nSPS) is 18.1. The lowest BCUT2D eigenvalue weighted by atomic mass is 10.0. The number of amides is 1. The smallest absolute Gasteiger partial charge is 0.229 e. The zero-order valence-corrected chi connectivity index (χ0v) is 12.1. The molecule has 0 aromatic carbocycles. The summed E-state index contributed by atoms with van der Waals surface area (Å²) in [5.74, 6) is -0.337. The Hall–Kier alpha value is -0.680. The summed E-state index contributed by atoms with van der Waals surface area (Å²) < 4.78 is 5.10. The van der Waals surface area contributed by atoms with E-state index in [0.717, 1.165) is 32.4 Å². The van der Waals surface area contributed by atoms with Crippen LogP contribution in [0.4, 0.5) is 0 Å². The molecular weight excluding hydrogens is 248 g/mol. The highest BCUT2D eigenvalue weighted by Gasteiger charge is 2.42. The van der Waals surface area contributed by atoms with Crippen molar-refractivity contribution >= 4 is 23.1 Å². The molecule has 1 aliphatic carbocycles. The molecule has 1 fully saturated rings. The van der Waals surface area contributed by atoms with Crippen LogP contribution in [0, 0.1) is 11.3 Å². The van der Waals surface area contributed by atoms with Gasteiger partial charge in [-0.15, -0.1) is 0 Å². The molecule has 4 nitrogen and oxygen atoms in total. The van der Waals surface area contributed by atoms with Crippen LogP contribution >= 0.6 is 12.2 Å². The molecule has 1 atom stereocenters. The summed E-state index contributed by atoms with van der Waals surface area (Å²) in [6, 6.07) is 0. The van der Waals surface area contributed by atoms with Gasteiger partial charge in [-0.25, -0.2) is 0 Å². The third kappa shape index (κ3) is 4.53. The zero-order chi connectivity index (χ0) is 13.6. The molecule has 1 rings (SSSR count). The number of nitrogens with two attached hydrogens (primary N) is 1. The van der Waals surface area contributed by atoms with E-state index >= 15 is 0 Å². The van der Waals surface area contributed by atoms with Crippen LogP contribution in [0.5, 0.6) is 0 Å². The van der Waals surface area contributed by atoms with Gasteiger partial charge in [-0.05, 0) is 31.1 Å². The van der Waals surface area contributed by atoms with Crippen molar-refractivity contribution in [2.75, 3.05) is 20.3 Å². The first kappa shape index (κ1) is 15.4. The van der Waals surface area contributed by atoms with Gasteiger partial charge in [0.05, 0.1) is 10.9 Å². The van der Waals surface area contributed by atoms with E-state index in [4.69, 9.17) is 22.7 Å². The fourth-order valence-corrected chi connectivity index (χ4v) is 2.32. The predicted octanol–water partition coefficient (Wildman–Crippen LogP) is 1.62. The van der Waals surface area contributed by atoms with Crippen molar-refractivity contribution < 1.29 is 9.53 Å². The minimum absolute atomic E-state index is 0.0203. The fourth-order valence-electron chi connectivity index (χ4n) is 2.10. The number of methoxy groups -OCH3 is 1. The first-order chi connectivity index (χ1) is 8.54. The van der Waals surface area contributed by atoms with Crippen molar-refractivity contribution in [2.45, 2.75) is 39.0 Å². The largest absolute Gasteiger partial charge is 0.393 e. The zero-order valence-electron chi connectivity index (χ0n) is 11.3. The second-order valence-corrected chi connectivity index (χ2v) is 5.68. The molecule has 1 unspecified atom stereocenters. The lowest BCUT2D eigenvalue weighted by Gasteiger charge is -2.19. The molecule has 3 N–H and O–H groups in total. The van der Waals surface area contributed by atoms with Crippen molar-refractivity contribution in [1.29, 1.82) is 0 Å². The summed E-state index contributed by atoms with van der Waals surface area (Å²) in [6.45, 7) is 3.50. The van der Waals surface area contributed by atoms with Crippen LogP contribution in [-0.4, -0.2) is 31.2 Å². The van der Waals surface area contributed by atoms with Crippen LogP contribution in [0.15, 0.2) is 0 Å². The second-order valence-electron chi connectivity index (χ2n) is 5.20. The van der Waals surface area contributed by atoms with Crippen molar-refractivity contribution in [3.8, 4) is 0 Å². The maximum absolute atomic E-state index is 12.0. The van der Waals surface area contributed by atoms with Gasteiger partial charge in [0, 0.05) is 20.3 Å². The Labute approximate surface area is 115 Å². The summed E-state index contributed by atoms with van der Waals surface area (Å²) in [4.78, 5) is 12.3. The van der Waals surface area contributed by atoms with Crippen molar-refractivity contribution in [3.05, 3.63) is 0 Å². The number of hydrogen-bond donors (Lipinski definition) is 2. The van der Waals surface area contributed by atoms with E-state index in [-0.39, 0.29) is 17.2 Å². The maximum Gasteiger partial charge on any atom is 0.229 e. The van der Waals surface area contributed by atoms with E-state index < -0.39 is 0 Å². The summed E-state index contributed by atoms with van der Waals surface area (Å²) in [6.07, 6.45) is 4.98. The molecule has 5 heteroatoms. The topological polar surface area (TPSA) is 64.3 Å². The SMILES string of the molecule is CCCC(C(=O)NCC1(CCOC)CC1)C(N)=S. The van der Waals surface area contributed by atoms with Gasteiger partial charge in [0.25, 0.3) is 0 Å². The van der Waals surface area contributed by atoms with Crippen molar-refractivity contribution in [1.82, 2.24) is 5.32 Å². The first-order valence-electron chi connectivity index (χ1n) is 6.60. The van der Waals surface area contributed by atoms with Gasteiger partial charge < -0.3 is 15.8 Å². The first-order valence-corrected chi connectivity index (χ1v) is 7.01. The van der Waals surface area contributed by atoms with Gasteiger partial charge in [-0.1, -0.05) is 25.6 Å². The number of carbonyl (C=O) groups excluding carboxylic acids is 1. The summed E-state index contributed by atoms with van der Waals surface area (Å²) in [5.41, 5.74) is 5.87. The Bertz CT molecular complexity index is 303. The lowest BCUT2D eigenvalue weighted by molar-refractivity contribution is -0.123. The molecule has 0 aromatic rings. The van der Waals surface area contributed by atoms with E-state index in [1.165, 1.54) is 12.8 Å². The standard InChI is InChI=1S/C13H24N2O2S/c1-3-4-10(11(14)18)12(16)15-9-13(5-6-13)7-8-17-2/h10H,3-9H2,1-2H3,(H2,14,18)(H,15,16). The molecule has 0 radical (unpaired) electrons. The van der Waals surface area contributed by atoms with Gasteiger partial charge in [-0.2, -0.15) is 0 Å². The van der Waals surface area contributed by atoms with Crippen LogP contribution < -0.4 is 11.1 Å². The van der Waals surface area contributed by atoms with Crippen molar-refractivity contribution in [2.24, 2.45) is 17.1 Å². The van der Waals surface area contributed by atoms with Crippen LogP contribution in [-0.2, 0) is 9.53 Å². The van der Waals surface area contributed by atoms with Crippen LogP contribution in [0.25, 0.3) is 0 Å². The summed E-state index contributed by atoms with van der Waals surface area (Å²) >= 11 is 4.95. The predicted molar refractivity (Wildman–Crippen MR) is 76.4 cm³/mol. The number of carbonyl (C=O) groups is 1. The average Bonchev–Trinajstić information content (AvgIpc) is 3.11.